The Morgan fingerprint density at radius 3 is 2.25 bits per heavy atom. The zero-order chi connectivity index (χ0) is 9.23. The summed E-state index contributed by atoms with van der Waals surface area (Å²) in [6.07, 6.45) is 0.842. The minimum atomic E-state index is -0.0495. The maximum Gasteiger partial charge on any atom is 0.137 e. The van der Waals surface area contributed by atoms with Crippen molar-refractivity contribution in [2.75, 3.05) is 19.8 Å². The van der Waals surface area contributed by atoms with Gasteiger partial charge in [-0.1, -0.05) is 6.04 Å². The zero-order valence-corrected chi connectivity index (χ0v) is 8.88. The van der Waals surface area contributed by atoms with E-state index in [1.807, 2.05) is 13.8 Å². The molecule has 0 rings (SSSR count). The van der Waals surface area contributed by atoms with Crippen LogP contribution in [0.3, 0.4) is 0 Å². The first kappa shape index (κ1) is 12.1. The molecule has 0 aliphatic heterocycles. The lowest BCUT2D eigenvalue weighted by Gasteiger charge is -2.15. The molecule has 2 radical (unpaired) electrons. The van der Waals surface area contributed by atoms with Gasteiger partial charge in [0, 0.05) is 19.8 Å². The Bertz CT molecular complexity index is 84.4. The van der Waals surface area contributed by atoms with E-state index in [0.717, 1.165) is 12.5 Å². The second-order valence-electron chi connectivity index (χ2n) is 2.27. The van der Waals surface area contributed by atoms with Crippen molar-refractivity contribution >= 4 is 9.52 Å². The third kappa shape index (κ3) is 6.79. The first-order valence-corrected chi connectivity index (χ1v) is 5.71. The van der Waals surface area contributed by atoms with Crippen LogP contribution in [0.5, 0.6) is 0 Å². The van der Waals surface area contributed by atoms with Gasteiger partial charge in [-0.25, -0.2) is 0 Å². The van der Waals surface area contributed by atoms with Gasteiger partial charge in [0.05, 0.1) is 0 Å². The lowest BCUT2D eigenvalue weighted by Crippen LogP contribution is -2.24. The second-order valence-corrected chi connectivity index (χ2v) is 3.65. The van der Waals surface area contributed by atoms with Crippen LogP contribution < -0.4 is 0 Å². The molecular weight excluding hydrogens is 172 g/mol. The maximum absolute atomic E-state index is 8.56. The minimum Gasteiger partial charge on any atom is -0.396 e. The highest BCUT2D eigenvalue weighted by Crippen LogP contribution is 1.98. The first-order chi connectivity index (χ1) is 5.85. The molecule has 0 aliphatic carbocycles. The van der Waals surface area contributed by atoms with Crippen LogP contribution in [0.25, 0.3) is 0 Å². The summed E-state index contributed by atoms with van der Waals surface area (Å²) in [5, 5.41) is 8.56. The summed E-state index contributed by atoms with van der Waals surface area (Å²) in [4.78, 5) is 0. The summed E-state index contributed by atoms with van der Waals surface area (Å²) in [7, 11) is 0.639. The molecule has 0 aromatic carbocycles. The molecule has 72 valence electrons. The monoisotopic (exact) mass is 190 g/mol. The highest BCUT2D eigenvalue weighted by Gasteiger charge is 2.07. The molecule has 3 nitrogen and oxygen atoms in total. The van der Waals surface area contributed by atoms with Crippen molar-refractivity contribution in [3.8, 4) is 0 Å². The van der Waals surface area contributed by atoms with Crippen LogP contribution in [0.1, 0.15) is 20.3 Å². The van der Waals surface area contributed by atoms with Crippen molar-refractivity contribution in [1.29, 1.82) is 0 Å². The molecule has 1 N–H and O–H groups in total. The lowest BCUT2D eigenvalue weighted by molar-refractivity contribution is -0.0828. The number of hydrogen-bond donors (Lipinski definition) is 1. The summed E-state index contributed by atoms with van der Waals surface area (Å²) < 4.78 is 10.7. The topological polar surface area (TPSA) is 38.7 Å². The molecule has 0 fully saturated rings. The average molecular weight is 190 g/mol. The Morgan fingerprint density at radius 2 is 1.83 bits per heavy atom. The number of ether oxygens (including phenoxy) is 2. The summed E-state index contributed by atoms with van der Waals surface area (Å²) in [5.74, 6) is -0.0495. The van der Waals surface area contributed by atoms with Crippen LogP contribution in [0.4, 0.5) is 0 Å². The third-order valence-corrected chi connectivity index (χ3v) is 2.59. The standard InChI is InChI=1S/C8H18O3Si/c1-3-10-8(11-4-2)12-7-5-6-9/h8-9H,3-7H2,1-2H3. The molecule has 0 aromatic rings. The zero-order valence-electron chi connectivity index (χ0n) is 7.88. The number of rotatable bonds is 8. The van der Waals surface area contributed by atoms with Crippen LogP contribution in [-0.2, 0) is 9.47 Å². The van der Waals surface area contributed by atoms with Crippen molar-refractivity contribution in [1.82, 2.24) is 0 Å². The fourth-order valence-electron chi connectivity index (χ4n) is 0.768. The van der Waals surface area contributed by atoms with E-state index in [4.69, 9.17) is 14.6 Å². The van der Waals surface area contributed by atoms with E-state index in [1.54, 1.807) is 0 Å². The molecule has 0 aromatic heterocycles. The number of hydrogen-bond acceptors (Lipinski definition) is 3. The maximum atomic E-state index is 8.56. The van der Waals surface area contributed by atoms with Crippen molar-refractivity contribution in [2.24, 2.45) is 0 Å². The fraction of sp³-hybridized carbons (Fsp3) is 1.00. The molecule has 0 unspecified atom stereocenters. The molecule has 12 heavy (non-hydrogen) atoms. The van der Waals surface area contributed by atoms with E-state index in [2.05, 4.69) is 0 Å². The smallest absolute Gasteiger partial charge is 0.137 e. The SMILES string of the molecule is CCOC(OCC)[Si]CCCO. The highest BCUT2D eigenvalue weighted by molar-refractivity contribution is 6.36. The van der Waals surface area contributed by atoms with Crippen molar-refractivity contribution in [3.63, 3.8) is 0 Å². The Hall–Kier alpha value is 0.0969. The first-order valence-electron chi connectivity index (χ1n) is 4.42. The van der Waals surface area contributed by atoms with E-state index in [-0.39, 0.29) is 12.5 Å². The quantitative estimate of drug-likeness (QED) is 0.350. The Labute approximate surface area is 76.9 Å². The van der Waals surface area contributed by atoms with E-state index in [1.165, 1.54) is 0 Å². The van der Waals surface area contributed by atoms with Gasteiger partial charge in [0.1, 0.15) is 15.4 Å². The van der Waals surface area contributed by atoms with Gasteiger partial charge in [-0.2, -0.15) is 0 Å². The van der Waals surface area contributed by atoms with Gasteiger partial charge in [0.2, 0.25) is 0 Å². The predicted molar refractivity (Wildman–Crippen MR) is 49.3 cm³/mol. The second kappa shape index (κ2) is 9.19. The summed E-state index contributed by atoms with van der Waals surface area (Å²) >= 11 is 0. The lowest BCUT2D eigenvalue weighted by atomic mass is 10.5. The largest absolute Gasteiger partial charge is 0.396 e. The van der Waals surface area contributed by atoms with Gasteiger partial charge in [-0.05, 0) is 20.3 Å². The number of aliphatic hydroxyl groups excluding tert-OH is 1. The number of aliphatic hydroxyl groups is 1. The van der Waals surface area contributed by atoms with E-state index in [9.17, 15) is 0 Å². The minimum absolute atomic E-state index is 0.0495. The Balaban J connectivity index is 3.34. The highest BCUT2D eigenvalue weighted by atomic mass is 28.2. The molecule has 0 spiro atoms. The van der Waals surface area contributed by atoms with Gasteiger partial charge < -0.3 is 14.6 Å². The summed E-state index contributed by atoms with van der Waals surface area (Å²) in [6.45, 7) is 5.57. The van der Waals surface area contributed by atoms with Gasteiger partial charge in [-0.3, -0.25) is 0 Å². The van der Waals surface area contributed by atoms with E-state index >= 15 is 0 Å². The van der Waals surface area contributed by atoms with Crippen LogP contribution in [0, 0.1) is 0 Å². The molecule has 0 heterocycles. The predicted octanol–water partition coefficient (Wildman–Crippen LogP) is 0.848. The van der Waals surface area contributed by atoms with Crippen molar-refractivity contribution in [2.45, 2.75) is 32.2 Å². The van der Waals surface area contributed by atoms with Gasteiger partial charge in [-0.15, -0.1) is 0 Å². The van der Waals surface area contributed by atoms with Crippen LogP contribution >= 0.6 is 0 Å². The summed E-state index contributed by atoms with van der Waals surface area (Å²) in [6, 6.07) is 0.987. The molecule has 0 aliphatic rings. The van der Waals surface area contributed by atoms with Gasteiger partial charge in [0.25, 0.3) is 0 Å². The fourth-order valence-corrected chi connectivity index (χ4v) is 1.93. The molecule has 0 atom stereocenters. The van der Waals surface area contributed by atoms with Crippen molar-refractivity contribution < 1.29 is 14.6 Å². The summed E-state index contributed by atoms with van der Waals surface area (Å²) in [5.41, 5.74) is 0. The Morgan fingerprint density at radius 1 is 1.25 bits per heavy atom. The molecule has 0 bridgehead atoms. The molecule has 4 heteroatoms. The van der Waals surface area contributed by atoms with E-state index in [0.29, 0.717) is 22.7 Å². The molecule has 0 saturated heterocycles. The third-order valence-electron chi connectivity index (χ3n) is 1.28. The van der Waals surface area contributed by atoms with Gasteiger partial charge in [0.15, 0.2) is 0 Å². The van der Waals surface area contributed by atoms with Gasteiger partial charge >= 0.3 is 0 Å². The average Bonchev–Trinajstić information content (AvgIpc) is 2.06. The van der Waals surface area contributed by atoms with Crippen LogP contribution in [-0.4, -0.2) is 40.4 Å². The Kier molecular flexibility index (Phi) is 9.26. The molecule has 0 amide bonds. The van der Waals surface area contributed by atoms with Crippen LogP contribution in [0.2, 0.25) is 6.04 Å². The van der Waals surface area contributed by atoms with Crippen molar-refractivity contribution in [3.05, 3.63) is 0 Å². The normalized spacial score (nSPS) is 11.0. The van der Waals surface area contributed by atoms with Crippen LogP contribution in [0.15, 0.2) is 0 Å². The van der Waals surface area contributed by atoms with E-state index < -0.39 is 0 Å². The molecule has 0 saturated carbocycles. The molecular formula is C8H18O3Si.